The number of allylic oxidation sites excluding steroid dienone is 2. The lowest BCUT2D eigenvalue weighted by atomic mass is 9.97. The molecule has 0 aromatic heterocycles. The van der Waals surface area contributed by atoms with E-state index >= 15 is 0 Å². The van der Waals surface area contributed by atoms with E-state index in [0.717, 1.165) is 24.2 Å². The van der Waals surface area contributed by atoms with E-state index < -0.39 is 5.60 Å². The van der Waals surface area contributed by atoms with Crippen LogP contribution in [0.2, 0.25) is 0 Å². The summed E-state index contributed by atoms with van der Waals surface area (Å²) in [5.41, 5.74) is 4.20. The number of ketones is 1. The zero-order valence-electron chi connectivity index (χ0n) is 20.6. The third-order valence-electron chi connectivity index (χ3n) is 5.62. The van der Waals surface area contributed by atoms with E-state index in [1.165, 1.54) is 11.3 Å². The van der Waals surface area contributed by atoms with Crippen LogP contribution in [0.15, 0.2) is 60.2 Å². The van der Waals surface area contributed by atoms with Crippen LogP contribution in [0.25, 0.3) is 12.2 Å². The third-order valence-corrected chi connectivity index (χ3v) is 5.62. The van der Waals surface area contributed by atoms with Crippen molar-refractivity contribution in [2.24, 2.45) is 0 Å². The van der Waals surface area contributed by atoms with Crippen molar-refractivity contribution in [3.05, 3.63) is 76.9 Å². The van der Waals surface area contributed by atoms with Crippen molar-refractivity contribution in [1.82, 2.24) is 0 Å². The molecule has 2 aromatic carbocycles. The van der Waals surface area contributed by atoms with Crippen molar-refractivity contribution in [2.75, 3.05) is 24.6 Å². The van der Waals surface area contributed by atoms with Gasteiger partial charge in [-0.25, -0.2) is 0 Å². The van der Waals surface area contributed by atoms with Crippen LogP contribution in [0.3, 0.4) is 0 Å². The third kappa shape index (κ3) is 6.16. The number of fused-ring (bicyclic) bond motifs is 1. The number of rotatable bonds is 9. The highest BCUT2D eigenvalue weighted by Crippen LogP contribution is 2.40. The van der Waals surface area contributed by atoms with Crippen LogP contribution >= 0.6 is 0 Å². The zero-order valence-corrected chi connectivity index (χ0v) is 20.6. The number of carbonyl (C=O) groups excluding carboxylic acids is 1. The van der Waals surface area contributed by atoms with Crippen LogP contribution in [0, 0.1) is 0 Å². The van der Waals surface area contributed by atoms with Gasteiger partial charge in [-0.2, -0.15) is 0 Å². The van der Waals surface area contributed by atoms with E-state index in [-0.39, 0.29) is 5.78 Å². The molecule has 0 bridgehead atoms. The molecule has 0 amide bonds. The van der Waals surface area contributed by atoms with Crippen molar-refractivity contribution in [3.8, 4) is 11.5 Å². The average Bonchev–Trinajstić information content (AvgIpc) is 2.78. The van der Waals surface area contributed by atoms with Gasteiger partial charge in [-0.15, -0.1) is 0 Å². The van der Waals surface area contributed by atoms with Crippen LogP contribution in [0.1, 0.15) is 63.0 Å². The molecule has 0 unspecified atom stereocenters. The molecule has 0 spiro atoms. The van der Waals surface area contributed by atoms with Crippen LogP contribution < -0.4 is 14.4 Å². The van der Waals surface area contributed by atoms with Gasteiger partial charge in [0.1, 0.15) is 23.7 Å². The fourth-order valence-electron chi connectivity index (χ4n) is 3.70. The first-order valence-corrected chi connectivity index (χ1v) is 11.6. The van der Waals surface area contributed by atoms with Gasteiger partial charge < -0.3 is 14.4 Å². The molecule has 0 saturated heterocycles. The Balaban J connectivity index is 1.85. The van der Waals surface area contributed by atoms with Crippen LogP contribution in [-0.4, -0.2) is 31.1 Å². The molecule has 0 aliphatic carbocycles. The summed E-state index contributed by atoms with van der Waals surface area (Å²) in [6.45, 7) is 14.7. The number of ether oxygens (including phenoxy) is 2. The highest BCUT2D eigenvalue weighted by Gasteiger charge is 2.27. The van der Waals surface area contributed by atoms with Gasteiger partial charge in [-0.1, -0.05) is 23.8 Å². The Morgan fingerprint density at radius 1 is 1.06 bits per heavy atom. The van der Waals surface area contributed by atoms with Crippen molar-refractivity contribution >= 4 is 23.6 Å². The molecule has 0 radical (unpaired) electrons. The molecule has 0 saturated carbocycles. The number of nitrogens with zero attached hydrogens (tertiary/aromatic N) is 1. The molecule has 4 heteroatoms. The Morgan fingerprint density at radius 2 is 1.76 bits per heavy atom. The van der Waals surface area contributed by atoms with Gasteiger partial charge >= 0.3 is 0 Å². The Labute approximate surface area is 198 Å². The molecule has 1 aliphatic rings. The molecule has 33 heavy (non-hydrogen) atoms. The van der Waals surface area contributed by atoms with Crippen molar-refractivity contribution in [1.29, 1.82) is 0 Å². The highest BCUT2D eigenvalue weighted by atomic mass is 16.5. The first kappa shape index (κ1) is 24.4. The molecular formula is C29H35NO3. The zero-order chi connectivity index (χ0) is 24.0. The van der Waals surface area contributed by atoms with E-state index in [1.54, 1.807) is 12.1 Å². The standard InChI is InChI=1S/C29H35NO3/c1-7-30(8-2)23-12-9-22(10-13-23)11-15-26(31)24-14-16-27(32-20-18-21(3)4)25-17-19-29(5,6)33-28(24)25/h9-19H,7-8,20H2,1-6H3. The van der Waals surface area contributed by atoms with E-state index in [0.29, 0.717) is 23.7 Å². The number of carbonyl (C=O) groups is 1. The van der Waals surface area contributed by atoms with Crippen molar-refractivity contribution < 1.29 is 14.3 Å². The normalized spacial score (nSPS) is 13.9. The number of benzene rings is 2. The lowest BCUT2D eigenvalue weighted by Crippen LogP contribution is -2.28. The fraction of sp³-hybridized carbons (Fsp3) is 0.345. The topological polar surface area (TPSA) is 38.8 Å². The summed E-state index contributed by atoms with van der Waals surface area (Å²) in [4.78, 5) is 15.4. The SMILES string of the molecule is CCN(CC)c1ccc(C=CC(=O)c2ccc(OCC=C(C)C)c3c2OC(C)(C)C=C3)cc1. The maximum Gasteiger partial charge on any atom is 0.189 e. The Kier molecular flexibility index (Phi) is 7.80. The second-order valence-corrected chi connectivity index (χ2v) is 8.95. The summed E-state index contributed by atoms with van der Waals surface area (Å²) >= 11 is 0. The molecule has 174 valence electrons. The first-order chi connectivity index (χ1) is 15.7. The lowest BCUT2D eigenvalue weighted by molar-refractivity contribution is 0.103. The van der Waals surface area contributed by atoms with Crippen LogP contribution in [0.5, 0.6) is 11.5 Å². The minimum atomic E-state index is -0.495. The molecule has 1 heterocycles. The van der Waals surface area contributed by atoms with Gasteiger partial charge in [0.2, 0.25) is 0 Å². The molecule has 2 aromatic rings. The van der Waals surface area contributed by atoms with Crippen LogP contribution in [-0.2, 0) is 0 Å². The quantitative estimate of drug-likeness (QED) is 0.238. The Bertz CT molecular complexity index is 1070. The molecule has 4 nitrogen and oxygen atoms in total. The number of anilines is 1. The van der Waals surface area contributed by atoms with E-state index in [2.05, 4.69) is 30.9 Å². The lowest BCUT2D eigenvalue weighted by Gasteiger charge is -2.30. The maximum atomic E-state index is 13.1. The predicted octanol–water partition coefficient (Wildman–Crippen LogP) is 6.96. The molecular weight excluding hydrogens is 410 g/mol. The number of hydrogen-bond acceptors (Lipinski definition) is 4. The summed E-state index contributed by atoms with van der Waals surface area (Å²) in [7, 11) is 0. The van der Waals surface area contributed by atoms with E-state index in [1.807, 2.05) is 70.2 Å². The van der Waals surface area contributed by atoms with Crippen LogP contribution in [0.4, 0.5) is 5.69 Å². The second kappa shape index (κ2) is 10.6. The average molecular weight is 446 g/mol. The van der Waals surface area contributed by atoms with Crippen molar-refractivity contribution in [3.63, 3.8) is 0 Å². The minimum absolute atomic E-state index is 0.0963. The summed E-state index contributed by atoms with van der Waals surface area (Å²) in [6.07, 6.45) is 9.47. The van der Waals surface area contributed by atoms with Gasteiger partial charge in [-0.3, -0.25) is 4.79 Å². The molecule has 0 fully saturated rings. The largest absolute Gasteiger partial charge is 0.489 e. The van der Waals surface area contributed by atoms with Gasteiger partial charge in [0.05, 0.1) is 11.1 Å². The van der Waals surface area contributed by atoms with Gasteiger partial charge in [0.15, 0.2) is 5.78 Å². The number of hydrogen-bond donors (Lipinski definition) is 0. The Hall–Kier alpha value is -3.27. The predicted molar refractivity (Wildman–Crippen MR) is 138 cm³/mol. The van der Waals surface area contributed by atoms with Crippen molar-refractivity contribution in [2.45, 2.75) is 47.1 Å². The minimum Gasteiger partial charge on any atom is -0.489 e. The monoisotopic (exact) mass is 445 g/mol. The smallest absolute Gasteiger partial charge is 0.189 e. The summed E-state index contributed by atoms with van der Waals surface area (Å²) < 4.78 is 12.2. The second-order valence-electron chi connectivity index (χ2n) is 8.95. The van der Waals surface area contributed by atoms with E-state index in [9.17, 15) is 4.79 Å². The summed E-state index contributed by atoms with van der Waals surface area (Å²) in [5.74, 6) is 1.19. The highest BCUT2D eigenvalue weighted by molar-refractivity contribution is 6.09. The molecule has 3 rings (SSSR count). The van der Waals surface area contributed by atoms with Gasteiger partial charge in [0.25, 0.3) is 0 Å². The summed E-state index contributed by atoms with van der Waals surface area (Å²) in [6, 6.07) is 11.9. The molecule has 0 atom stereocenters. The molecule has 0 N–H and O–H groups in total. The van der Waals surface area contributed by atoms with Gasteiger partial charge in [-0.05, 0) is 95.7 Å². The maximum absolute atomic E-state index is 13.1. The van der Waals surface area contributed by atoms with E-state index in [4.69, 9.17) is 9.47 Å². The fourth-order valence-corrected chi connectivity index (χ4v) is 3.70. The summed E-state index contributed by atoms with van der Waals surface area (Å²) in [5, 5.41) is 0. The first-order valence-electron chi connectivity index (χ1n) is 11.6. The Morgan fingerprint density at radius 3 is 2.39 bits per heavy atom. The van der Waals surface area contributed by atoms with Gasteiger partial charge in [0, 0.05) is 18.8 Å². The molecule has 1 aliphatic heterocycles.